The summed E-state index contributed by atoms with van der Waals surface area (Å²) in [5, 5.41) is 2.79. The predicted octanol–water partition coefficient (Wildman–Crippen LogP) is 5.51. The van der Waals surface area contributed by atoms with Crippen molar-refractivity contribution in [2.24, 2.45) is 0 Å². The Morgan fingerprint density at radius 3 is 2.63 bits per heavy atom. The highest BCUT2D eigenvalue weighted by molar-refractivity contribution is 9.10. The number of hydrogen-bond donors (Lipinski definition) is 1. The number of rotatable bonds is 5. The van der Waals surface area contributed by atoms with E-state index in [1.807, 2.05) is 17.0 Å². The summed E-state index contributed by atoms with van der Waals surface area (Å²) in [6.45, 7) is 2.87. The largest absolute Gasteiger partial charge is 0.444 e. The van der Waals surface area contributed by atoms with Gasteiger partial charge in [0.15, 0.2) is 10.4 Å². The Balaban J connectivity index is 1.39. The van der Waals surface area contributed by atoms with Crippen LogP contribution in [0, 0.1) is 6.92 Å². The van der Waals surface area contributed by atoms with Gasteiger partial charge in [-0.2, -0.15) is 0 Å². The molecule has 1 aliphatic rings. The van der Waals surface area contributed by atoms with E-state index in [0.717, 1.165) is 24.9 Å². The molecule has 3 aromatic rings. The van der Waals surface area contributed by atoms with Crippen LogP contribution in [0.25, 0.3) is 0 Å². The van der Waals surface area contributed by atoms with Gasteiger partial charge in [-0.3, -0.25) is 9.59 Å². The molecule has 1 unspecified atom stereocenters. The number of aryl methyl sites for hydroxylation is 1. The van der Waals surface area contributed by atoms with Crippen LogP contribution in [-0.4, -0.2) is 23.3 Å². The number of anilines is 1. The van der Waals surface area contributed by atoms with Crippen molar-refractivity contribution in [2.45, 2.75) is 32.2 Å². The molecule has 0 bridgehead atoms. The molecule has 2 heterocycles. The second-order valence-corrected chi connectivity index (χ2v) is 8.37. The van der Waals surface area contributed by atoms with Gasteiger partial charge in [-0.05, 0) is 71.1 Å². The number of likely N-dealkylation sites (tertiary alicyclic amines) is 1. The maximum atomic E-state index is 13.0. The average Bonchev–Trinajstić information content (AvgIpc) is 3.39. The molecule has 2 amide bonds. The van der Waals surface area contributed by atoms with Gasteiger partial charge in [-0.1, -0.05) is 42.0 Å². The topological polar surface area (TPSA) is 62.6 Å². The first-order chi connectivity index (χ1) is 14.5. The molecule has 1 fully saturated rings. The molecule has 2 aromatic carbocycles. The molecule has 1 aromatic heterocycles. The Labute approximate surface area is 184 Å². The van der Waals surface area contributed by atoms with Crippen LogP contribution in [0.15, 0.2) is 69.8 Å². The van der Waals surface area contributed by atoms with E-state index in [9.17, 15) is 9.59 Å². The van der Waals surface area contributed by atoms with E-state index in [1.54, 1.807) is 24.3 Å². The van der Waals surface area contributed by atoms with E-state index < -0.39 is 0 Å². The molecule has 0 aliphatic carbocycles. The van der Waals surface area contributed by atoms with Gasteiger partial charge in [0, 0.05) is 12.2 Å². The third kappa shape index (κ3) is 4.65. The minimum Gasteiger partial charge on any atom is -0.444 e. The van der Waals surface area contributed by atoms with Crippen LogP contribution in [0.1, 0.15) is 46.1 Å². The summed E-state index contributed by atoms with van der Waals surface area (Å²) in [6.07, 6.45) is 2.38. The molecule has 0 spiro atoms. The summed E-state index contributed by atoms with van der Waals surface area (Å²) in [4.78, 5) is 27.1. The zero-order valence-corrected chi connectivity index (χ0v) is 18.3. The quantitative estimate of drug-likeness (QED) is 0.539. The minimum atomic E-state index is -0.317. The third-order valence-electron chi connectivity index (χ3n) is 5.36. The van der Waals surface area contributed by atoms with Crippen LogP contribution in [0.4, 0.5) is 5.69 Å². The zero-order valence-electron chi connectivity index (χ0n) is 16.7. The smallest absolute Gasteiger partial charge is 0.291 e. The van der Waals surface area contributed by atoms with Gasteiger partial charge in [-0.15, -0.1) is 0 Å². The minimum absolute atomic E-state index is 0.135. The third-order valence-corrected chi connectivity index (χ3v) is 5.79. The molecule has 30 heavy (non-hydrogen) atoms. The number of halogens is 1. The number of nitrogens with zero attached hydrogens (tertiary/aromatic N) is 1. The van der Waals surface area contributed by atoms with Crippen LogP contribution in [0.5, 0.6) is 0 Å². The number of carbonyl (C=O) groups is 2. The Hall–Kier alpha value is -2.86. The fraction of sp³-hybridized carbons (Fsp3) is 0.250. The van der Waals surface area contributed by atoms with Crippen molar-refractivity contribution >= 4 is 33.4 Å². The molecule has 0 saturated carbocycles. The highest BCUT2D eigenvalue weighted by atomic mass is 79.9. The predicted molar refractivity (Wildman–Crippen MR) is 119 cm³/mol. The number of furan rings is 1. The Morgan fingerprint density at radius 1 is 1.13 bits per heavy atom. The van der Waals surface area contributed by atoms with Gasteiger partial charge in [0.1, 0.15) is 0 Å². The molecular weight excluding hydrogens is 444 g/mol. The van der Waals surface area contributed by atoms with Crippen molar-refractivity contribution in [3.8, 4) is 0 Å². The van der Waals surface area contributed by atoms with Gasteiger partial charge in [0.2, 0.25) is 5.91 Å². The molecule has 5 nitrogen and oxygen atoms in total. The lowest BCUT2D eigenvalue weighted by atomic mass is 10.0. The molecule has 6 heteroatoms. The maximum Gasteiger partial charge on any atom is 0.291 e. The van der Waals surface area contributed by atoms with Gasteiger partial charge >= 0.3 is 0 Å². The van der Waals surface area contributed by atoms with Crippen molar-refractivity contribution in [2.75, 3.05) is 11.9 Å². The summed E-state index contributed by atoms with van der Waals surface area (Å²) in [6, 6.07) is 19.2. The Kier molecular flexibility index (Phi) is 6.04. The first-order valence-electron chi connectivity index (χ1n) is 10.0. The van der Waals surface area contributed by atoms with E-state index in [1.165, 1.54) is 11.1 Å². The number of hydrogen-bond acceptors (Lipinski definition) is 3. The normalized spacial score (nSPS) is 15.9. The summed E-state index contributed by atoms with van der Waals surface area (Å²) in [5.41, 5.74) is 4.01. The molecule has 1 atom stereocenters. The Morgan fingerprint density at radius 2 is 1.93 bits per heavy atom. The number of carbonyl (C=O) groups excluding carboxylic acids is 2. The highest BCUT2D eigenvalue weighted by Gasteiger charge is 2.29. The van der Waals surface area contributed by atoms with Crippen molar-refractivity contribution in [3.63, 3.8) is 0 Å². The van der Waals surface area contributed by atoms with Crippen LogP contribution in [0.3, 0.4) is 0 Å². The van der Waals surface area contributed by atoms with E-state index in [4.69, 9.17) is 4.42 Å². The van der Waals surface area contributed by atoms with Gasteiger partial charge < -0.3 is 14.6 Å². The summed E-state index contributed by atoms with van der Waals surface area (Å²) < 4.78 is 5.77. The SMILES string of the molecule is Cc1cccc(C2CCCN2C(=O)Cc2ccc(NC(=O)c3ccc(Br)o3)cc2)c1. The fourth-order valence-corrected chi connectivity index (χ4v) is 4.21. The molecule has 1 N–H and O–H groups in total. The number of benzene rings is 2. The zero-order chi connectivity index (χ0) is 21.1. The van der Waals surface area contributed by atoms with E-state index >= 15 is 0 Å². The second-order valence-electron chi connectivity index (χ2n) is 7.59. The average molecular weight is 467 g/mol. The lowest BCUT2D eigenvalue weighted by Crippen LogP contribution is -2.31. The highest BCUT2D eigenvalue weighted by Crippen LogP contribution is 2.32. The maximum absolute atomic E-state index is 13.0. The van der Waals surface area contributed by atoms with Crippen LogP contribution >= 0.6 is 15.9 Å². The van der Waals surface area contributed by atoms with Gasteiger partial charge in [0.05, 0.1) is 12.5 Å². The molecule has 0 radical (unpaired) electrons. The van der Waals surface area contributed by atoms with Crippen molar-refractivity contribution in [3.05, 3.63) is 87.8 Å². The van der Waals surface area contributed by atoms with Crippen molar-refractivity contribution in [1.29, 1.82) is 0 Å². The first-order valence-corrected chi connectivity index (χ1v) is 10.8. The van der Waals surface area contributed by atoms with E-state index in [-0.39, 0.29) is 23.6 Å². The lowest BCUT2D eigenvalue weighted by Gasteiger charge is -2.25. The Bertz CT molecular complexity index is 1060. The molecule has 1 aliphatic heterocycles. The molecule has 4 rings (SSSR count). The molecular formula is C24H23BrN2O3. The first kappa shape index (κ1) is 20.4. The summed E-state index contributed by atoms with van der Waals surface area (Å²) in [7, 11) is 0. The van der Waals surface area contributed by atoms with Gasteiger partial charge in [0.25, 0.3) is 5.91 Å². The summed E-state index contributed by atoms with van der Waals surface area (Å²) in [5.74, 6) is 0.0520. The standard InChI is InChI=1S/C24H23BrN2O3/c1-16-4-2-5-18(14-16)20-6-3-13-27(20)23(28)15-17-7-9-19(10-8-17)26-24(29)21-11-12-22(25)30-21/h2,4-5,7-12,14,20H,3,6,13,15H2,1H3,(H,26,29). The summed E-state index contributed by atoms with van der Waals surface area (Å²) >= 11 is 3.19. The number of nitrogens with one attached hydrogen (secondary N) is 1. The van der Waals surface area contributed by atoms with Crippen LogP contribution in [0.2, 0.25) is 0 Å². The van der Waals surface area contributed by atoms with Crippen LogP contribution in [-0.2, 0) is 11.2 Å². The lowest BCUT2D eigenvalue weighted by molar-refractivity contribution is -0.131. The molecule has 1 saturated heterocycles. The van der Waals surface area contributed by atoms with Gasteiger partial charge in [-0.25, -0.2) is 0 Å². The van der Waals surface area contributed by atoms with E-state index in [0.29, 0.717) is 16.8 Å². The molecule has 154 valence electrons. The monoisotopic (exact) mass is 466 g/mol. The fourth-order valence-electron chi connectivity index (χ4n) is 3.90. The number of amides is 2. The van der Waals surface area contributed by atoms with Crippen LogP contribution < -0.4 is 5.32 Å². The second kappa shape index (κ2) is 8.88. The van der Waals surface area contributed by atoms with Crippen molar-refractivity contribution in [1.82, 2.24) is 4.90 Å². The van der Waals surface area contributed by atoms with E-state index in [2.05, 4.69) is 52.4 Å². The van der Waals surface area contributed by atoms with Crippen molar-refractivity contribution < 1.29 is 14.0 Å².